The minimum Gasteiger partial charge on any atom is -0.298 e. The maximum absolute atomic E-state index is 11.8. The normalized spacial score (nSPS) is 12.3. The van der Waals surface area contributed by atoms with Crippen molar-refractivity contribution in [2.75, 3.05) is 0 Å². The molecule has 0 spiro atoms. The van der Waals surface area contributed by atoms with Gasteiger partial charge in [-0.05, 0) is 25.3 Å². The summed E-state index contributed by atoms with van der Waals surface area (Å²) in [4.78, 5) is 25.9. The van der Waals surface area contributed by atoms with Crippen LogP contribution in [0.3, 0.4) is 0 Å². The van der Waals surface area contributed by atoms with Crippen LogP contribution in [0.2, 0.25) is 5.15 Å². The van der Waals surface area contributed by atoms with Crippen molar-refractivity contribution in [1.29, 1.82) is 0 Å². The standard InChI is InChI=1S/C14H15ClN2O2/c1-10(7-8-11-5-3-2-4-6-11)17-13(18)9-12(15)16-14(17)19/h2-6,9-10H,7-8H2,1H3,(H,16,19). The number of nitrogens with zero attached hydrogens (tertiary/aromatic N) is 1. The summed E-state index contributed by atoms with van der Waals surface area (Å²) in [5.74, 6) is 0. The molecular formula is C14H15ClN2O2. The number of hydrogen-bond acceptors (Lipinski definition) is 2. The van der Waals surface area contributed by atoms with E-state index in [1.807, 2.05) is 37.3 Å². The van der Waals surface area contributed by atoms with Gasteiger partial charge in [0.05, 0.1) is 0 Å². The molecule has 1 unspecified atom stereocenters. The highest BCUT2D eigenvalue weighted by Crippen LogP contribution is 2.11. The molecule has 0 saturated heterocycles. The van der Waals surface area contributed by atoms with Gasteiger partial charge in [-0.25, -0.2) is 4.79 Å². The maximum Gasteiger partial charge on any atom is 0.329 e. The van der Waals surface area contributed by atoms with Crippen LogP contribution in [0.25, 0.3) is 0 Å². The first kappa shape index (κ1) is 13.6. The average molecular weight is 279 g/mol. The van der Waals surface area contributed by atoms with E-state index < -0.39 is 5.69 Å². The number of aromatic amines is 1. The van der Waals surface area contributed by atoms with Crippen molar-refractivity contribution < 1.29 is 0 Å². The third-order valence-electron chi connectivity index (χ3n) is 3.07. The molecule has 0 bridgehead atoms. The zero-order valence-corrected chi connectivity index (χ0v) is 11.4. The van der Waals surface area contributed by atoms with E-state index in [1.54, 1.807) is 0 Å². The fraction of sp³-hybridized carbons (Fsp3) is 0.286. The molecule has 2 aromatic rings. The van der Waals surface area contributed by atoms with E-state index in [0.717, 1.165) is 6.42 Å². The Hall–Kier alpha value is -1.81. The van der Waals surface area contributed by atoms with Crippen LogP contribution in [0.5, 0.6) is 0 Å². The maximum atomic E-state index is 11.8. The molecule has 0 aliphatic rings. The first-order valence-corrected chi connectivity index (χ1v) is 6.51. The first-order valence-electron chi connectivity index (χ1n) is 6.13. The predicted molar refractivity (Wildman–Crippen MR) is 75.8 cm³/mol. The van der Waals surface area contributed by atoms with Crippen molar-refractivity contribution in [2.24, 2.45) is 0 Å². The fourth-order valence-corrected chi connectivity index (χ4v) is 2.22. The highest BCUT2D eigenvalue weighted by Gasteiger charge is 2.11. The lowest BCUT2D eigenvalue weighted by Crippen LogP contribution is -2.36. The van der Waals surface area contributed by atoms with Crippen LogP contribution in [-0.2, 0) is 6.42 Å². The third-order valence-corrected chi connectivity index (χ3v) is 3.27. The zero-order chi connectivity index (χ0) is 13.8. The van der Waals surface area contributed by atoms with Gasteiger partial charge in [0.2, 0.25) is 0 Å². The highest BCUT2D eigenvalue weighted by molar-refractivity contribution is 6.29. The van der Waals surface area contributed by atoms with Crippen LogP contribution in [-0.4, -0.2) is 9.55 Å². The number of benzene rings is 1. The number of aromatic nitrogens is 2. The van der Waals surface area contributed by atoms with E-state index in [0.29, 0.717) is 6.42 Å². The molecule has 1 aromatic heterocycles. The minimum absolute atomic E-state index is 0.0708. The number of halogens is 1. The highest BCUT2D eigenvalue weighted by atomic mass is 35.5. The quantitative estimate of drug-likeness (QED) is 0.873. The van der Waals surface area contributed by atoms with Gasteiger partial charge in [0.25, 0.3) is 5.56 Å². The van der Waals surface area contributed by atoms with Gasteiger partial charge in [-0.2, -0.15) is 0 Å². The minimum atomic E-state index is -0.460. The van der Waals surface area contributed by atoms with Crippen LogP contribution in [0.4, 0.5) is 0 Å². The first-order chi connectivity index (χ1) is 9.08. The molecule has 5 heteroatoms. The number of H-pyrrole nitrogens is 1. The average Bonchev–Trinajstić information content (AvgIpc) is 2.36. The van der Waals surface area contributed by atoms with Crippen LogP contribution >= 0.6 is 11.6 Å². The Morgan fingerprint density at radius 1 is 1.26 bits per heavy atom. The van der Waals surface area contributed by atoms with E-state index in [2.05, 4.69) is 4.98 Å². The van der Waals surface area contributed by atoms with Gasteiger partial charge in [-0.1, -0.05) is 41.9 Å². The zero-order valence-electron chi connectivity index (χ0n) is 10.6. The smallest absolute Gasteiger partial charge is 0.298 e. The lowest BCUT2D eigenvalue weighted by Gasteiger charge is -2.13. The van der Waals surface area contributed by atoms with Crippen molar-refractivity contribution in [1.82, 2.24) is 9.55 Å². The van der Waals surface area contributed by atoms with Gasteiger partial charge in [-0.15, -0.1) is 0 Å². The van der Waals surface area contributed by atoms with Crippen molar-refractivity contribution in [2.45, 2.75) is 25.8 Å². The second kappa shape index (κ2) is 5.89. The molecule has 0 radical (unpaired) electrons. The van der Waals surface area contributed by atoms with Crippen LogP contribution in [0.1, 0.15) is 24.9 Å². The summed E-state index contributed by atoms with van der Waals surface area (Å²) in [6.07, 6.45) is 1.53. The molecule has 1 N–H and O–H groups in total. The molecule has 0 aliphatic carbocycles. The number of rotatable bonds is 4. The Kier molecular flexibility index (Phi) is 4.22. The van der Waals surface area contributed by atoms with Crippen LogP contribution in [0, 0.1) is 0 Å². The third kappa shape index (κ3) is 3.35. The van der Waals surface area contributed by atoms with E-state index in [9.17, 15) is 9.59 Å². The van der Waals surface area contributed by atoms with Gasteiger partial charge in [-0.3, -0.25) is 14.3 Å². The topological polar surface area (TPSA) is 54.9 Å². The SMILES string of the molecule is CC(CCc1ccccc1)n1c(=O)cc(Cl)[nH]c1=O. The Balaban J connectivity index is 2.15. The molecule has 4 nitrogen and oxygen atoms in total. The summed E-state index contributed by atoms with van der Waals surface area (Å²) in [6, 6.07) is 11.0. The molecule has 1 heterocycles. The summed E-state index contributed by atoms with van der Waals surface area (Å²) in [5.41, 5.74) is 0.361. The lowest BCUT2D eigenvalue weighted by molar-refractivity contribution is 0.471. The summed E-state index contributed by atoms with van der Waals surface area (Å²) in [5, 5.41) is 0.0708. The second-order valence-corrected chi connectivity index (χ2v) is 4.91. The van der Waals surface area contributed by atoms with Crippen molar-refractivity contribution in [3.05, 3.63) is 68.0 Å². The summed E-state index contributed by atoms with van der Waals surface area (Å²) in [6.45, 7) is 1.85. The molecule has 1 atom stereocenters. The van der Waals surface area contributed by atoms with Crippen molar-refractivity contribution in [3.8, 4) is 0 Å². The van der Waals surface area contributed by atoms with Crippen molar-refractivity contribution in [3.63, 3.8) is 0 Å². The summed E-state index contributed by atoms with van der Waals surface area (Å²) in [7, 11) is 0. The van der Waals surface area contributed by atoms with Crippen LogP contribution < -0.4 is 11.2 Å². The molecule has 0 amide bonds. The molecule has 1 aromatic carbocycles. The summed E-state index contributed by atoms with van der Waals surface area (Å²) < 4.78 is 1.20. The number of hydrogen-bond donors (Lipinski definition) is 1. The number of aryl methyl sites for hydroxylation is 1. The molecule has 0 aliphatic heterocycles. The fourth-order valence-electron chi connectivity index (χ4n) is 2.04. The summed E-state index contributed by atoms with van der Waals surface area (Å²) >= 11 is 5.63. The second-order valence-electron chi connectivity index (χ2n) is 4.50. The van der Waals surface area contributed by atoms with E-state index >= 15 is 0 Å². The molecular weight excluding hydrogens is 264 g/mol. The molecule has 0 saturated carbocycles. The molecule has 0 fully saturated rings. The van der Waals surface area contributed by atoms with Crippen molar-refractivity contribution >= 4 is 11.6 Å². The van der Waals surface area contributed by atoms with Crippen LogP contribution in [0.15, 0.2) is 46.0 Å². The Morgan fingerprint density at radius 2 is 1.95 bits per heavy atom. The van der Waals surface area contributed by atoms with E-state index in [-0.39, 0.29) is 16.8 Å². The van der Waals surface area contributed by atoms with E-state index in [4.69, 9.17) is 11.6 Å². The van der Waals surface area contributed by atoms with Gasteiger partial charge < -0.3 is 0 Å². The lowest BCUT2D eigenvalue weighted by atomic mass is 10.1. The number of nitrogens with one attached hydrogen (secondary N) is 1. The van der Waals surface area contributed by atoms with Gasteiger partial charge in [0.15, 0.2) is 0 Å². The predicted octanol–water partition coefficient (Wildman–Crippen LogP) is 2.38. The Labute approximate surface area is 115 Å². The van der Waals surface area contributed by atoms with Gasteiger partial charge in [0, 0.05) is 12.1 Å². The van der Waals surface area contributed by atoms with E-state index in [1.165, 1.54) is 16.2 Å². The Morgan fingerprint density at radius 3 is 2.58 bits per heavy atom. The Bertz CT molecular complexity index is 630. The molecule has 19 heavy (non-hydrogen) atoms. The molecule has 2 rings (SSSR count). The van der Waals surface area contributed by atoms with Gasteiger partial charge in [0.1, 0.15) is 5.15 Å². The van der Waals surface area contributed by atoms with Gasteiger partial charge >= 0.3 is 5.69 Å². The largest absolute Gasteiger partial charge is 0.329 e. The molecule has 100 valence electrons. The monoisotopic (exact) mass is 278 g/mol.